The van der Waals surface area contributed by atoms with Gasteiger partial charge in [0.15, 0.2) is 0 Å². The second-order valence-corrected chi connectivity index (χ2v) is 8.88. The molecule has 0 fully saturated rings. The fraction of sp³-hybridized carbons (Fsp3) is 0.292. The van der Waals surface area contributed by atoms with Crippen molar-refractivity contribution >= 4 is 28.8 Å². The molecule has 0 radical (unpaired) electrons. The van der Waals surface area contributed by atoms with Gasteiger partial charge in [-0.2, -0.15) is 0 Å². The van der Waals surface area contributed by atoms with E-state index < -0.39 is 0 Å². The minimum absolute atomic E-state index is 0.00384. The van der Waals surface area contributed by atoms with Crippen molar-refractivity contribution in [3.8, 4) is 11.3 Å². The van der Waals surface area contributed by atoms with E-state index in [0.29, 0.717) is 0 Å². The van der Waals surface area contributed by atoms with Crippen molar-refractivity contribution < 1.29 is 9.59 Å². The first-order valence-electron chi connectivity index (χ1n) is 9.88. The zero-order chi connectivity index (χ0) is 21.8. The van der Waals surface area contributed by atoms with Gasteiger partial charge in [0.25, 0.3) is 0 Å². The summed E-state index contributed by atoms with van der Waals surface area (Å²) in [5.41, 5.74) is 5.95. The number of hydrogen-bond acceptors (Lipinski definition) is 4. The molecule has 0 aliphatic heterocycles. The van der Waals surface area contributed by atoms with E-state index in [0.717, 1.165) is 38.0 Å². The highest BCUT2D eigenvalue weighted by atomic mass is 32.1. The molecule has 0 aliphatic rings. The smallest absolute Gasteiger partial charge is 0.243 e. The van der Waals surface area contributed by atoms with E-state index >= 15 is 0 Å². The summed E-state index contributed by atoms with van der Waals surface area (Å²) in [5.74, 6) is -0.318. The van der Waals surface area contributed by atoms with Crippen LogP contribution in [0.4, 0.5) is 5.69 Å². The number of aromatic nitrogens is 1. The van der Waals surface area contributed by atoms with Gasteiger partial charge in [-0.25, -0.2) is 4.98 Å². The van der Waals surface area contributed by atoms with Crippen LogP contribution in [0.25, 0.3) is 11.3 Å². The van der Waals surface area contributed by atoms with Crippen LogP contribution in [0.5, 0.6) is 0 Å². The molecule has 2 amide bonds. The van der Waals surface area contributed by atoms with Gasteiger partial charge < -0.3 is 10.2 Å². The largest absolute Gasteiger partial charge is 0.336 e. The molecule has 30 heavy (non-hydrogen) atoms. The van der Waals surface area contributed by atoms with Crippen molar-refractivity contribution in [3.05, 3.63) is 69.0 Å². The van der Waals surface area contributed by atoms with Crippen LogP contribution < -0.4 is 5.32 Å². The molecule has 0 unspecified atom stereocenters. The Bertz CT molecular complexity index is 1070. The average Bonchev–Trinajstić information content (AvgIpc) is 3.06. The first-order valence-corrected chi connectivity index (χ1v) is 10.7. The number of amides is 2. The summed E-state index contributed by atoms with van der Waals surface area (Å²) < 4.78 is 0. The third kappa shape index (κ3) is 5.13. The molecule has 0 saturated heterocycles. The van der Waals surface area contributed by atoms with Crippen molar-refractivity contribution in [1.29, 1.82) is 0 Å². The maximum absolute atomic E-state index is 12.8. The van der Waals surface area contributed by atoms with Crippen LogP contribution in [0, 0.1) is 27.7 Å². The van der Waals surface area contributed by atoms with E-state index in [1.54, 1.807) is 7.05 Å². The Morgan fingerprint density at radius 1 is 1.03 bits per heavy atom. The average molecular weight is 422 g/mol. The molecule has 3 aromatic rings. The first kappa shape index (κ1) is 21.7. The Morgan fingerprint density at radius 2 is 1.73 bits per heavy atom. The number of thiazole rings is 1. The van der Waals surface area contributed by atoms with Crippen molar-refractivity contribution in [2.24, 2.45) is 0 Å². The molecule has 6 heteroatoms. The van der Waals surface area contributed by atoms with Gasteiger partial charge in [-0.15, -0.1) is 11.3 Å². The van der Waals surface area contributed by atoms with Crippen molar-refractivity contribution in [2.45, 2.75) is 34.1 Å². The summed E-state index contributed by atoms with van der Waals surface area (Å²) in [6.07, 6.45) is 0.224. The minimum atomic E-state index is -0.209. The van der Waals surface area contributed by atoms with Gasteiger partial charge in [0.05, 0.1) is 23.7 Å². The predicted molar refractivity (Wildman–Crippen MR) is 123 cm³/mol. The molecular weight excluding hydrogens is 394 g/mol. The van der Waals surface area contributed by atoms with Crippen molar-refractivity contribution in [3.63, 3.8) is 0 Å². The van der Waals surface area contributed by atoms with Crippen LogP contribution in [-0.4, -0.2) is 35.3 Å². The number of hydrogen-bond donors (Lipinski definition) is 1. The Morgan fingerprint density at radius 3 is 2.43 bits per heavy atom. The molecule has 1 heterocycles. The molecule has 5 nitrogen and oxygen atoms in total. The van der Waals surface area contributed by atoms with E-state index in [4.69, 9.17) is 0 Å². The van der Waals surface area contributed by atoms with Gasteiger partial charge in [-0.05, 0) is 44.9 Å². The van der Waals surface area contributed by atoms with E-state index in [1.807, 2.05) is 70.2 Å². The number of anilines is 1. The van der Waals surface area contributed by atoms with Gasteiger partial charge in [0.1, 0.15) is 0 Å². The number of carbonyl (C=O) groups excluding carboxylic acids is 2. The topological polar surface area (TPSA) is 62.3 Å². The minimum Gasteiger partial charge on any atom is -0.336 e. The summed E-state index contributed by atoms with van der Waals surface area (Å²) in [5, 5.41) is 3.82. The molecule has 0 bridgehead atoms. The van der Waals surface area contributed by atoms with Crippen LogP contribution in [0.15, 0.2) is 42.5 Å². The lowest BCUT2D eigenvalue weighted by molar-refractivity contribution is -0.132. The Kier molecular flexibility index (Phi) is 6.67. The van der Waals surface area contributed by atoms with Gasteiger partial charge in [0.2, 0.25) is 11.8 Å². The SMILES string of the molecule is Cc1ccc(-c2nc(C)sc2CC(=O)N(C)CC(=O)Nc2cccc(C)c2C)cc1. The lowest BCUT2D eigenvalue weighted by atomic mass is 10.1. The van der Waals surface area contributed by atoms with Crippen LogP contribution in [0.3, 0.4) is 0 Å². The van der Waals surface area contributed by atoms with Gasteiger partial charge in [-0.3, -0.25) is 9.59 Å². The standard InChI is InChI=1S/C24H27N3O2S/c1-15-9-11-19(12-10-15)24-21(30-18(4)25-24)13-23(29)27(5)14-22(28)26-20-8-6-7-16(2)17(20)3/h6-12H,13-14H2,1-5H3,(H,26,28). The van der Waals surface area contributed by atoms with Crippen LogP contribution in [0.2, 0.25) is 0 Å². The van der Waals surface area contributed by atoms with Crippen LogP contribution >= 0.6 is 11.3 Å². The van der Waals surface area contributed by atoms with Crippen LogP contribution in [0.1, 0.15) is 26.6 Å². The highest BCUT2D eigenvalue weighted by molar-refractivity contribution is 7.12. The highest BCUT2D eigenvalue weighted by Gasteiger charge is 2.19. The number of likely N-dealkylation sites (N-methyl/N-ethyl adjacent to an activating group) is 1. The zero-order valence-electron chi connectivity index (χ0n) is 18.1. The second kappa shape index (κ2) is 9.22. The molecule has 156 valence electrons. The maximum Gasteiger partial charge on any atom is 0.243 e. The number of rotatable bonds is 6. The molecule has 1 aromatic heterocycles. The number of benzene rings is 2. The van der Waals surface area contributed by atoms with E-state index in [-0.39, 0.29) is 24.8 Å². The lowest BCUT2D eigenvalue weighted by Crippen LogP contribution is -2.35. The molecule has 3 rings (SSSR count). The van der Waals surface area contributed by atoms with E-state index in [2.05, 4.69) is 10.3 Å². The number of carbonyl (C=O) groups is 2. The molecule has 0 saturated carbocycles. The van der Waals surface area contributed by atoms with Gasteiger partial charge >= 0.3 is 0 Å². The summed E-state index contributed by atoms with van der Waals surface area (Å²) in [4.78, 5) is 32.3. The molecule has 0 atom stereocenters. The molecular formula is C24H27N3O2S. The third-order valence-electron chi connectivity index (χ3n) is 5.13. The number of nitrogens with zero attached hydrogens (tertiary/aromatic N) is 2. The highest BCUT2D eigenvalue weighted by Crippen LogP contribution is 2.29. The Balaban J connectivity index is 1.67. The van der Waals surface area contributed by atoms with Crippen molar-refractivity contribution in [2.75, 3.05) is 18.9 Å². The van der Waals surface area contributed by atoms with Crippen molar-refractivity contribution in [1.82, 2.24) is 9.88 Å². The molecule has 2 aromatic carbocycles. The maximum atomic E-state index is 12.8. The van der Waals surface area contributed by atoms with Crippen LogP contribution in [-0.2, 0) is 16.0 Å². The zero-order valence-corrected chi connectivity index (χ0v) is 18.9. The first-order chi connectivity index (χ1) is 14.2. The summed E-state index contributed by atoms with van der Waals surface area (Å²) in [7, 11) is 1.66. The number of nitrogens with one attached hydrogen (secondary N) is 1. The quantitative estimate of drug-likeness (QED) is 0.628. The molecule has 1 N–H and O–H groups in total. The molecule has 0 spiro atoms. The van der Waals surface area contributed by atoms with E-state index in [9.17, 15) is 9.59 Å². The summed E-state index contributed by atoms with van der Waals surface area (Å²) in [6, 6.07) is 13.9. The van der Waals surface area contributed by atoms with Gasteiger partial charge in [0, 0.05) is 23.2 Å². The summed E-state index contributed by atoms with van der Waals surface area (Å²) in [6.45, 7) is 7.96. The predicted octanol–water partition coefficient (Wildman–Crippen LogP) is 4.68. The molecule has 0 aliphatic carbocycles. The monoisotopic (exact) mass is 421 g/mol. The lowest BCUT2D eigenvalue weighted by Gasteiger charge is -2.17. The third-order valence-corrected chi connectivity index (χ3v) is 6.10. The summed E-state index contributed by atoms with van der Waals surface area (Å²) >= 11 is 1.53. The fourth-order valence-corrected chi connectivity index (χ4v) is 4.13. The Hall–Kier alpha value is -2.99. The fourth-order valence-electron chi connectivity index (χ4n) is 3.18. The Labute approximate surface area is 181 Å². The van der Waals surface area contributed by atoms with E-state index in [1.165, 1.54) is 21.8 Å². The number of aryl methyl sites for hydroxylation is 3. The van der Waals surface area contributed by atoms with Gasteiger partial charge in [-0.1, -0.05) is 42.0 Å². The second-order valence-electron chi connectivity index (χ2n) is 7.59. The normalized spacial score (nSPS) is 10.7.